The lowest BCUT2D eigenvalue weighted by molar-refractivity contribution is -0.133. The van der Waals surface area contributed by atoms with E-state index in [9.17, 15) is 13.2 Å². The van der Waals surface area contributed by atoms with Crippen LogP contribution in [0, 0.1) is 0 Å². The summed E-state index contributed by atoms with van der Waals surface area (Å²) >= 11 is 5.37. The van der Waals surface area contributed by atoms with Gasteiger partial charge in [-0.25, -0.2) is 0 Å². The van der Waals surface area contributed by atoms with Crippen LogP contribution in [0.1, 0.15) is 26.2 Å². The van der Waals surface area contributed by atoms with Gasteiger partial charge in [-0.15, -0.1) is 11.6 Å². The Bertz CT molecular complexity index is 149. The average molecular weight is 201 g/mol. The molecule has 0 aliphatic carbocycles. The second-order valence-corrected chi connectivity index (χ2v) is 3.02. The molecule has 0 heterocycles. The molecule has 0 radical (unpaired) electrons. The molecule has 0 bridgehead atoms. The Balaban J connectivity index is 3.63. The van der Waals surface area contributed by atoms with E-state index in [2.05, 4.69) is 0 Å². The third kappa shape index (κ3) is 7.92. The predicted molar refractivity (Wildman–Crippen MR) is 44.4 cm³/mol. The zero-order valence-electron chi connectivity index (χ0n) is 6.92. The second kappa shape index (κ2) is 5.46. The molecular formula is C8H12ClF3. The molecule has 0 N–H and O–H groups in total. The van der Waals surface area contributed by atoms with Crippen LogP contribution < -0.4 is 0 Å². The van der Waals surface area contributed by atoms with Gasteiger partial charge in [0, 0.05) is 12.3 Å². The normalized spacial score (nSPS) is 13.6. The average Bonchev–Trinajstić information content (AvgIpc) is 1.95. The van der Waals surface area contributed by atoms with Gasteiger partial charge in [0.05, 0.1) is 0 Å². The zero-order valence-corrected chi connectivity index (χ0v) is 7.67. The van der Waals surface area contributed by atoms with E-state index in [4.69, 9.17) is 11.6 Å². The summed E-state index contributed by atoms with van der Waals surface area (Å²) in [6.45, 7) is 1.69. The number of halogens is 4. The molecule has 0 nitrogen and oxygen atoms in total. The van der Waals surface area contributed by atoms with Gasteiger partial charge in [-0.3, -0.25) is 0 Å². The highest BCUT2D eigenvalue weighted by Crippen LogP contribution is 2.23. The van der Waals surface area contributed by atoms with Crippen molar-refractivity contribution in [2.75, 3.05) is 5.88 Å². The lowest BCUT2D eigenvalue weighted by Gasteiger charge is -2.05. The lowest BCUT2D eigenvalue weighted by atomic mass is 10.1. The van der Waals surface area contributed by atoms with Gasteiger partial charge in [-0.1, -0.05) is 11.6 Å². The fraction of sp³-hybridized carbons (Fsp3) is 0.750. The van der Waals surface area contributed by atoms with Gasteiger partial charge in [0.25, 0.3) is 0 Å². The molecule has 0 aromatic heterocycles. The highest BCUT2D eigenvalue weighted by atomic mass is 35.5. The van der Waals surface area contributed by atoms with Crippen LogP contribution in [0.3, 0.4) is 0 Å². The minimum atomic E-state index is -4.05. The summed E-state index contributed by atoms with van der Waals surface area (Å²) in [4.78, 5) is 0. The molecular weight excluding hydrogens is 189 g/mol. The quantitative estimate of drug-likeness (QED) is 0.477. The number of allylic oxidation sites excluding steroid dienone is 2. The molecule has 0 amide bonds. The topological polar surface area (TPSA) is 0 Å². The van der Waals surface area contributed by atoms with Crippen molar-refractivity contribution in [3.63, 3.8) is 0 Å². The number of alkyl halides is 4. The van der Waals surface area contributed by atoms with Gasteiger partial charge in [0.1, 0.15) is 0 Å². The van der Waals surface area contributed by atoms with Gasteiger partial charge in [0.2, 0.25) is 0 Å². The maximum atomic E-state index is 11.7. The van der Waals surface area contributed by atoms with Gasteiger partial charge in [0.15, 0.2) is 0 Å². The summed E-state index contributed by atoms with van der Waals surface area (Å²) in [7, 11) is 0. The summed E-state index contributed by atoms with van der Waals surface area (Å²) in [6.07, 6.45) is -2.31. The molecule has 0 unspecified atom stereocenters. The Labute approximate surface area is 75.4 Å². The maximum absolute atomic E-state index is 11.7. The van der Waals surface area contributed by atoms with E-state index >= 15 is 0 Å². The summed E-state index contributed by atoms with van der Waals surface area (Å²) < 4.78 is 35.1. The van der Waals surface area contributed by atoms with E-state index in [-0.39, 0.29) is 6.42 Å². The number of hydrogen-bond donors (Lipinski definition) is 0. The second-order valence-electron chi connectivity index (χ2n) is 2.64. The molecule has 0 fully saturated rings. The van der Waals surface area contributed by atoms with E-state index in [1.165, 1.54) is 0 Å². The number of rotatable bonds is 4. The first-order valence-electron chi connectivity index (χ1n) is 3.74. The predicted octanol–water partition coefficient (Wildman–Crippen LogP) is 3.90. The van der Waals surface area contributed by atoms with Crippen molar-refractivity contribution in [2.45, 2.75) is 32.4 Å². The first-order chi connectivity index (χ1) is 5.45. The van der Waals surface area contributed by atoms with Crippen LogP contribution in [0.4, 0.5) is 13.2 Å². The molecule has 12 heavy (non-hydrogen) atoms. The zero-order chi connectivity index (χ0) is 9.61. The van der Waals surface area contributed by atoms with Gasteiger partial charge in [-0.05, 0) is 19.8 Å². The summed E-state index contributed by atoms with van der Waals surface area (Å²) in [6, 6.07) is 0. The molecule has 72 valence electrons. The van der Waals surface area contributed by atoms with Crippen LogP contribution in [-0.4, -0.2) is 12.1 Å². The minimum absolute atomic E-state index is 0.0837. The van der Waals surface area contributed by atoms with E-state index in [1.807, 2.05) is 0 Å². The molecule has 0 atom stereocenters. The van der Waals surface area contributed by atoms with Crippen molar-refractivity contribution < 1.29 is 13.2 Å². The first kappa shape index (κ1) is 11.8. The smallest absolute Gasteiger partial charge is 0.171 e. The fourth-order valence-electron chi connectivity index (χ4n) is 0.742. The Morgan fingerprint density at radius 3 is 2.42 bits per heavy atom. The van der Waals surface area contributed by atoms with Crippen LogP contribution in [0.25, 0.3) is 0 Å². The Hall–Kier alpha value is -0.180. The van der Waals surface area contributed by atoms with Crippen LogP contribution in [0.5, 0.6) is 0 Å². The molecule has 0 rings (SSSR count). The van der Waals surface area contributed by atoms with Crippen LogP contribution in [0.2, 0.25) is 0 Å². The van der Waals surface area contributed by atoms with Crippen molar-refractivity contribution in [3.8, 4) is 0 Å². The molecule has 0 saturated carbocycles. The summed E-state index contributed by atoms with van der Waals surface area (Å²) in [5.74, 6) is 0.462. The molecule has 4 heteroatoms. The van der Waals surface area contributed by atoms with Gasteiger partial charge < -0.3 is 0 Å². The van der Waals surface area contributed by atoms with Gasteiger partial charge in [-0.2, -0.15) is 13.2 Å². The largest absolute Gasteiger partial charge is 0.389 e. The fourth-order valence-corrected chi connectivity index (χ4v) is 0.851. The van der Waals surface area contributed by atoms with E-state index in [0.29, 0.717) is 12.3 Å². The third-order valence-electron chi connectivity index (χ3n) is 1.40. The van der Waals surface area contributed by atoms with Crippen molar-refractivity contribution in [2.24, 2.45) is 0 Å². The van der Waals surface area contributed by atoms with E-state index in [1.54, 1.807) is 13.0 Å². The summed E-state index contributed by atoms with van der Waals surface area (Å²) in [5.41, 5.74) is 0.757. The Kier molecular flexibility index (Phi) is 5.38. The monoisotopic (exact) mass is 200 g/mol. The van der Waals surface area contributed by atoms with Crippen LogP contribution in [0.15, 0.2) is 11.6 Å². The van der Waals surface area contributed by atoms with Crippen molar-refractivity contribution in [3.05, 3.63) is 11.6 Å². The molecule has 0 spiro atoms. The molecule has 0 aliphatic heterocycles. The van der Waals surface area contributed by atoms with Crippen LogP contribution in [-0.2, 0) is 0 Å². The minimum Gasteiger partial charge on any atom is -0.171 e. The number of hydrogen-bond acceptors (Lipinski definition) is 0. The highest BCUT2D eigenvalue weighted by Gasteiger charge is 2.26. The maximum Gasteiger partial charge on any atom is 0.389 e. The third-order valence-corrected chi connectivity index (χ3v) is 1.62. The summed E-state index contributed by atoms with van der Waals surface area (Å²) in [5, 5.41) is 0. The van der Waals surface area contributed by atoms with E-state index in [0.717, 1.165) is 5.57 Å². The van der Waals surface area contributed by atoms with Crippen LogP contribution >= 0.6 is 11.6 Å². The van der Waals surface area contributed by atoms with Crippen molar-refractivity contribution in [1.29, 1.82) is 0 Å². The SMILES string of the molecule is CC(=CCCCl)CCC(F)(F)F. The Morgan fingerprint density at radius 1 is 1.42 bits per heavy atom. The molecule has 0 aromatic carbocycles. The Morgan fingerprint density at radius 2 is 2.00 bits per heavy atom. The molecule has 0 saturated heterocycles. The standard InChI is InChI=1S/C8H12ClF3/c1-7(3-2-6-9)4-5-8(10,11)12/h3H,2,4-6H2,1H3. The first-order valence-corrected chi connectivity index (χ1v) is 4.27. The molecule has 0 aliphatic rings. The van der Waals surface area contributed by atoms with E-state index < -0.39 is 12.6 Å². The lowest BCUT2D eigenvalue weighted by Crippen LogP contribution is -2.06. The van der Waals surface area contributed by atoms with Crippen molar-refractivity contribution in [1.82, 2.24) is 0 Å². The van der Waals surface area contributed by atoms with Gasteiger partial charge >= 0.3 is 6.18 Å². The highest BCUT2D eigenvalue weighted by molar-refractivity contribution is 6.17. The van der Waals surface area contributed by atoms with Crippen molar-refractivity contribution >= 4 is 11.6 Å². The molecule has 0 aromatic rings.